The van der Waals surface area contributed by atoms with Crippen LogP contribution in [-0.4, -0.2) is 6.54 Å². The molecule has 0 spiro atoms. The summed E-state index contributed by atoms with van der Waals surface area (Å²) >= 11 is 6.14. The highest BCUT2D eigenvalue weighted by Crippen LogP contribution is 2.43. The van der Waals surface area contributed by atoms with Gasteiger partial charge < -0.3 is 5.73 Å². The molecule has 0 radical (unpaired) electrons. The Balaban J connectivity index is 2.24. The molecule has 1 aromatic rings. The fraction of sp³-hybridized carbons (Fsp3) is 0.538. The van der Waals surface area contributed by atoms with Crippen LogP contribution in [0.2, 0.25) is 5.02 Å². The van der Waals surface area contributed by atoms with Gasteiger partial charge in [0.1, 0.15) is 5.82 Å². The number of rotatable bonds is 3. The third-order valence-corrected chi connectivity index (χ3v) is 4.09. The molecule has 0 heterocycles. The molecule has 88 valence electrons. The van der Waals surface area contributed by atoms with E-state index in [2.05, 4.69) is 0 Å². The molecule has 16 heavy (non-hydrogen) atoms. The van der Waals surface area contributed by atoms with E-state index in [9.17, 15) is 4.39 Å². The van der Waals surface area contributed by atoms with Gasteiger partial charge in [0.25, 0.3) is 0 Å². The zero-order chi connectivity index (χ0) is 11.8. The van der Waals surface area contributed by atoms with Crippen LogP contribution in [-0.2, 0) is 6.42 Å². The number of nitrogens with two attached hydrogens (primary N) is 1. The number of hydrogen-bond acceptors (Lipinski definition) is 1. The van der Waals surface area contributed by atoms with Gasteiger partial charge in [-0.25, -0.2) is 4.39 Å². The van der Waals surface area contributed by atoms with Crippen LogP contribution in [0.15, 0.2) is 12.1 Å². The molecule has 0 aliphatic heterocycles. The van der Waals surface area contributed by atoms with Crippen LogP contribution >= 0.6 is 11.6 Å². The Kier molecular flexibility index (Phi) is 3.22. The summed E-state index contributed by atoms with van der Waals surface area (Å²) in [5.74, 6) is -0.175. The van der Waals surface area contributed by atoms with Crippen LogP contribution in [0.1, 0.15) is 30.4 Å². The Hall–Kier alpha value is -0.600. The summed E-state index contributed by atoms with van der Waals surface area (Å²) in [6.07, 6.45) is 4.30. The lowest BCUT2D eigenvalue weighted by molar-refractivity contribution is 0.145. The first-order valence-corrected chi connectivity index (χ1v) is 6.09. The van der Waals surface area contributed by atoms with Gasteiger partial charge >= 0.3 is 0 Å². The molecule has 0 atom stereocenters. The van der Waals surface area contributed by atoms with E-state index >= 15 is 0 Å². The summed E-state index contributed by atoms with van der Waals surface area (Å²) < 4.78 is 13.5. The van der Waals surface area contributed by atoms with E-state index in [1.165, 1.54) is 6.42 Å². The molecule has 1 nitrogen and oxygen atoms in total. The second-order valence-electron chi connectivity index (χ2n) is 4.93. The summed E-state index contributed by atoms with van der Waals surface area (Å²) in [6, 6.07) is 3.27. The fourth-order valence-electron chi connectivity index (χ4n) is 2.36. The molecule has 1 aromatic carbocycles. The maximum Gasteiger partial charge on any atom is 0.126 e. The molecule has 1 fully saturated rings. The Morgan fingerprint density at radius 1 is 1.44 bits per heavy atom. The molecule has 3 heteroatoms. The molecule has 1 saturated carbocycles. The Morgan fingerprint density at radius 2 is 2.12 bits per heavy atom. The highest BCUT2D eigenvalue weighted by Gasteiger charge is 2.36. The SMILES string of the molecule is Cc1cc(Cl)c(CC2(CN)CCC2)cc1F. The zero-order valence-corrected chi connectivity index (χ0v) is 10.3. The standard InChI is InChI=1S/C13H17ClFN/c1-9-5-11(14)10(6-12(9)15)7-13(8-16)3-2-4-13/h5-6H,2-4,7-8,16H2,1H3. The maximum atomic E-state index is 13.5. The van der Waals surface area contributed by atoms with E-state index in [0.29, 0.717) is 17.1 Å². The summed E-state index contributed by atoms with van der Waals surface area (Å²) in [5.41, 5.74) is 7.47. The van der Waals surface area contributed by atoms with E-state index in [4.69, 9.17) is 17.3 Å². The Bertz CT molecular complexity index is 394. The zero-order valence-electron chi connectivity index (χ0n) is 9.52. The van der Waals surface area contributed by atoms with Gasteiger partial charge in [0.2, 0.25) is 0 Å². The van der Waals surface area contributed by atoms with E-state index < -0.39 is 0 Å². The minimum Gasteiger partial charge on any atom is -0.330 e. The van der Waals surface area contributed by atoms with E-state index in [1.807, 2.05) is 0 Å². The van der Waals surface area contributed by atoms with Crippen molar-refractivity contribution in [3.8, 4) is 0 Å². The van der Waals surface area contributed by atoms with Crippen molar-refractivity contribution in [3.05, 3.63) is 34.1 Å². The quantitative estimate of drug-likeness (QED) is 0.862. The highest BCUT2D eigenvalue weighted by atomic mass is 35.5. The highest BCUT2D eigenvalue weighted by molar-refractivity contribution is 6.31. The third-order valence-electron chi connectivity index (χ3n) is 3.74. The second kappa shape index (κ2) is 4.34. The molecule has 0 saturated heterocycles. The molecule has 2 N–H and O–H groups in total. The maximum absolute atomic E-state index is 13.5. The van der Waals surface area contributed by atoms with Crippen LogP contribution < -0.4 is 5.73 Å². The topological polar surface area (TPSA) is 26.0 Å². The first-order valence-electron chi connectivity index (χ1n) is 5.71. The minimum atomic E-state index is -0.175. The summed E-state index contributed by atoms with van der Waals surface area (Å²) in [5, 5.41) is 0.665. The van der Waals surface area contributed by atoms with Crippen LogP contribution in [0.25, 0.3) is 0 Å². The van der Waals surface area contributed by atoms with E-state index in [0.717, 1.165) is 24.8 Å². The van der Waals surface area contributed by atoms with Gasteiger partial charge in [-0.15, -0.1) is 0 Å². The molecule has 2 rings (SSSR count). The van der Waals surface area contributed by atoms with Gasteiger partial charge in [0, 0.05) is 5.02 Å². The van der Waals surface area contributed by atoms with Crippen molar-refractivity contribution < 1.29 is 4.39 Å². The minimum absolute atomic E-state index is 0.172. The third kappa shape index (κ3) is 2.09. The molecule has 0 bridgehead atoms. The summed E-state index contributed by atoms with van der Waals surface area (Å²) in [4.78, 5) is 0. The number of benzene rings is 1. The van der Waals surface area contributed by atoms with Crippen LogP contribution in [0.4, 0.5) is 4.39 Å². The predicted octanol–water partition coefficient (Wildman–Crippen LogP) is 3.46. The van der Waals surface area contributed by atoms with Crippen LogP contribution in [0.5, 0.6) is 0 Å². The van der Waals surface area contributed by atoms with E-state index in [-0.39, 0.29) is 11.2 Å². The average molecular weight is 242 g/mol. The average Bonchev–Trinajstić information content (AvgIpc) is 2.19. The van der Waals surface area contributed by atoms with E-state index in [1.54, 1.807) is 19.1 Å². The number of halogens is 2. The lowest BCUT2D eigenvalue weighted by Gasteiger charge is -2.41. The van der Waals surface area contributed by atoms with Crippen molar-refractivity contribution in [3.63, 3.8) is 0 Å². The van der Waals surface area contributed by atoms with Gasteiger partial charge in [0.05, 0.1) is 0 Å². The smallest absolute Gasteiger partial charge is 0.126 e. The monoisotopic (exact) mass is 241 g/mol. The van der Waals surface area contributed by atoms with Gasteiger partial charge in [-0.2, -0.15) is 0 Å². The number of aryl methyl sites for hydroxylation is 1. The normalized spacial score (nSPS) is 18.2. The van der Waals surface area contributed by atoms with Gasteiger partial charge in [-0.05, 0) is 61.4 Å². The largest absolute Gasteiger partial charge is 0.330 e. The molecule has 0 unspecified atom stereocenters. The van der Waals surface area contributed by atoms with Crippen molar-refractivity contribution in [2.75, 3.05) is 6.54 Å². The van der Waals surface area contributed by atoms with Crippen molar-refractivity contribution in [1.29, 1.82) is 0 Å². The molecule has 0 amide bonds. The Morgan fingerprint density at radius 3 is 2.62 bits per heavy atom. The molecule has 1 aliphatic rings. The second-order valence-corrected chi connectivity index (χ2v) is 5.33. The fourth-order valence-corrected chi connectivity index (χ4v) is 2.64. The van der Waals surface area contributed by atoms with Crippen LogP contribution in [0.3, 0.4) is 0 Å². The lowest BCUT2D eigenvalue weighted by atomic mass is 9.65. The molecular weight excluding hydrogens is 225 g/mol. The van der Waals surface area contributed by atoms with Gasteiger partial charge in [-0.1, -0.05) is 18.0 Å². The van der Waals surface area contributed by atoms with Gasteiger partial charge in [0.15, 0.2) is 0 Å². The first-order chi connectivity index (χ1) is 7.56. The van der Waals surface area contributed by atoms with Crippen LogP contribution in [0, 0.1) is 18.2 Å². The van der Waals surface area contributed by atoms with Crippen molar-refractivity contribution in [2.24, 2.45) is 11.1 Å². The lowest BCUT2D eigenvalue weighted by Crippen LogP contribution is -2.39. The first kappa shape index (κ1) is 11.9. The predicted molar refractivity (Wildman–Crippen MR) is 65.2 cm³/mol. The van der Waals surface area contributed by atoms with Crippen molar-refractivity contribution >= 4 is 11.6 Å². The van der Waals surface area contributed by atoms with Crippen molar-refractivity contribution in [1.82, 2.24) is 0 Å². The molecular formula is C13H17ClFN. The molecule has 0 aromatic heterocycles. The number of hydrogen-bond donors (Lipinski definition) is 1. The summed E-state index contributed by atoms with van der Waals surface area (Å²) in [7, 11) is 0. The van der Waals surface area contributed by atoms with Crippen molar-refractivity contribution in [2.45, 2.75) is 32.6 Å². The molecule has 1 aliphatic carbocycles. The van der Waals surface area contributed by atoms with Gasteiger partial charge in [-0.3, -0.25) is 0 Å². The summed E-state index contributed by atoms with van der Waals surface area (Å²) in [6.45, 7) is 2.39. The Labute approximate surface area is 101 Å².